The molecule has 0 fully saturated rings. The summed E-state index contributed by atoms with van der Waals surface area (Å²) in [7, 11) is 0. The van der Waals surface area contributed by atoms with Gasteiger partial charge < -0.3 is 0 Å². The lowest BCUT2D eigenvalue weighted by Gasteiger charge is -2.14. The van der Waals surface area contributed by atoms with E-state index in [-0.39, 0.29) is 0 Å². The van der Waals surface area contributed by atoms with Crippen LogP contribution in [0.3, 0.4) is 0 Å². The summed E-state index contributed by atoms with van der Waals surface area (Å²) in [6.07, 6.45) is 3.90. The molecule has 2 heterocycles. The zero-order chi connectivity index (χ0) is 21.9. The number of aryl methyl sites for hydroxylation is 2. The molecule has 0 bridgehead atoms. The topological polar surface area (TPSA) is 16.8 Å². The maximum Gasteiger partial charge on any atom is 0.220 e. The highest BCUT2D eigenvalue weighted by atomic mass is 15.0. The Morgan fingerprint density at radius 3 is 1.34 bits per heavy atom. The lowest BCUT2D eigenvalue weighted by Crippen LogP contribution is -2.38. The van der Waals surface area contributed by atoms with Gasteiger partial charge in [0.15, 0.2) is 0 Å². The maximum atomic E-state index is 4.43. The van der Waals surface area contributed by atoms with Gasteiger partial charge >= 0.3 is 0 Å². The smallest absolute Gasteiger partial charge is 0.220 e. The molecule has 0 radical (unpaired) electrons. The summed E-state index contributed by atoms with van der Waals surface area (Å²) in [5.74, 6) is 0. The van der Waals surface area contributed by atoms with E-state index >= 15 is 0 Å². The Labute approximate surface area is 189 Å². The Kier molecular flexibility index (Phi) is 5.35. The first-order valence-corrected chi connectivity index (χ1v) is 10.9. The van der Waals surface area contributed by atoms with Gasteiger partial charge in [-0.2, -0.15) is 4.57 Å². The van der Waals surface area contributed by atoms with E-state index in [4.69, 9.17) is 0 Å². The molecule has 0 aliphatic carbocycles. The van der Waals surface area contributed by atoms with Gasteiger partial charge in [-0.25, -0.2) is 0 Å². The first-order valence-electron chi connectivity index (χ1n) is 10.9. The van der Waals surface area contributed by atoms with E-state index in [0.29, 0.717) is 0 Å². The van der Waals surface area contributed by atoms with Gasteiger partial charge in [-0.15, -0.1) is 0 Å². The molecule has 2 heteroatoms. The fourth-order valence-electron chi connectivity index (χ4n) is 4.32. The zero-order valence-electron chi connectivity index (χ0n) is 18.4. The molecule has 0 atom stereocenters. The first kappa shape index (κ1) is 19.9. The second-order valence-electron chi connectivity index (χ2n) is 8.07. The van der Waals surface area contributed by atoms with Crippen LogP contribution in [0.4, 0.5) is 0 Å². The monoisotopic (exact) mass is 413 g/mol. The summed E-state index contributed by atoms with van der Waals surface area (Å²) in [5.41, 5.74) is 10.6. The number of hydrogen-bond acceptors (Lipinski definition) is 1. The summed E-state index contributed by atoms with van der Waals surface area (Å²) < 4.78 is 2.39. The zero-order valence-corrected chi connectivity index (χ0v) is 18.4. The van der Waals surface area contributed by atoms with Crippen LogP contribution >= 0.6 is 0 Å². The molecule has 0 saturated carbocycles. The second kappa shape index (κ2) is 8.60. The van der Waals surface area contributed by atoms with Crippen molar-refractivity contribution in [3.63, 3.8) is 0 Å². The molecule has 0 N–H and O–H groups in total. The van der Waals surface area contributed by atoms with Crippen molar-refractivity contribution in [2.45, 2.75) is 13.8 Å². The van der Waals surface area contributed by atoms with E-state index in [0.717, 1.165) is 22.5 Å². The average molecular weight is 414 g/mol. The van der Waals surface area contributed by atoms with Crippen LogP contribution in [0.1, 0.15) is 11.1 Å². The van der Waals surface area contributed by atoms with Crippen molar-refractivity contribution in [3.8, 4) is 39.3 Å². The van der Waals surface area contributed by atoms with E-state index in [1.807, 2.05) is 12.4 Å². The van der Waals surface area contributed by atoms with E-state index < -0.39 is 0 Å². The summed E-state index contributed by atoms with van der Waals surface area (Å²) >= 11 is 0. The minimum Gasteiger partial charge on any atom is -0.264 e. The van der Waals surface area contributed by atoms with Crippen molar-refractivity contribution >= 4 is 0 Å². The third-order valence-corrected chi connectivity index (χ3v) is 5.82. The van der Waals surface area contributed by atoms with Crippen LogP contribution in [0.2, 0.25) is 0 Å². The Balaban J connectivity index is 1.93. The number of nitrogens with zero attached hydrogens (tertiary/aromatic N) is 2. The molecule has 0 aliphatic rings. The van der Waals surface area contributed by atoms with Crippen LogP contribution < -0.4 is 4.57 Å². The third kappa shape index (κ3) is 3.72. The van der Waals surface area contributed by atoms with Crippen LogP contribution in [0.25, 0.3) is 39.3 Å². The summed E-state index contributed by atoms with van der Waals surface area (Å²) in [6.45, 7) is 4.27. The number of rotatable bonds is 4. The summed E-state index contributed by atoms with van der Waals surface area (Å²) in [6, 6.07) is 36.5. The highest BCUT2D eigenvalue weighted by Gasteiger charge is 2.27. The lowest BCUT2D eigenvalue weighted by atomic mass is 9.98. The minimum absolute atomic E-state index is 1.15. The van der Waals surface area contributed by atoms with Crippen molar-refractivity contribution in [2.75, 3.05) is 0 Å². The molecule has 0 spiro atoms. The van der Waals surface area contributed by atoms with E-state index in [1.165, 1.54) is 27.9 Å². The SMILES string of the molecule is Cc1cncc(C)c1-[n+]1c(-c2ccccc2)cc(-c2ccccc2)cc1-c1ccccc1. The van der Waals surface area contributed by atoms with Crippen LogP contribution in [0, 0.1) is 13.8 Å². The number of hydrogen-bond donors (Lipinski definition) is 0. The van der Waals surface area contributed by atoms with Crippen molar-refractivity contribution in [1.82, 2.24) is 4.98 Å². The minimum atomic E-state index is 1.15. The molecule has 2 aromatic heterocycles. The summed E-state index contributed by atoms with van der Waals surface area (Å²) in [5, 5.41) is 0. The Morgan fingerprint density at radius 1 is 0.500 bits per heavy atom. The van der Waals surface area contributed by atoms with E-state index in [9.17, 15) is 0 Å². The molecule has 3 aromatic carbocycles. The molecule has 0 amide bonds. The second-order valence-corrected chi connectivity index (χ2v) is 8.07. The molecule has 32 heavy (non-hydrogen) atoms. The van der Waals surface area contributed by atoms with Crippen LogP contribution in [-0.4, -0.2) is 4.98 Å². The van der Waals surface area contributed by atoms with Gasteiger partial charge in [-0.3, -0.25) is 4.98 Å². The third-order valence-electron chi connectivity index (χ3n) is 5.82. The molecule has 5 rings (SSSR count). The predicted molar refractivity (Wildman–Crippen MR) is 132 cm³/mol. The Morgan fingerprint density at radius 2 is 0.906 bits per heavy atom. The molecular formula is C30H25N2+. The molecule has 0 saturated heterocycles. The van der Waals surface area contributed by atoms with Gasteiger partial charge in [-0.05, 0) is 49.2 Å². The Hall–Kier alpha value is -4.04. The lowest BCUT2D eigenvalue weighted by molar-refractivity contribution is -0.573. The van der Waals surface area contributed by atoms with Crippen molar-refractivity contribution in [1.29, 1.82) is 0 Å². The summed E-state index contributed by atoms with van der Waals surface area (Å²) in [4.78, 5) is 4.43. The molecule has 0 unspecified atom stereocenters. The van der Waals surface area contributed by atoms with Gasteiger partial charge in [0, 0.05) is 46.8 Å². The van der Waals surface area contributed by atoms with Gasteiger partial charge in [0.25, 0.3) is 0 Å². The number of benzene rings is 3. The van der Waals surface area contributed by atoms with E-state index in [1.54, 1.807) is 0 Å². The molecule has 0 aliphatic heterocycles. The fraction of sp³-hybridized carbons (Fsp3) is 0.0667. The molecule has 5 aromatic rings. The fourth-order valence-corrected chi connectivity index (χ4v) is 4.32. The Bertz CT molecular complexity index is 1280. The molecule has 154 valence electrons. The highest BCUT2D eigenvalue weighted by molar-refractivity contribution is 5.74. The van der Waals surface area contributed by atoms with Crippen molar-refractivity contribution < 1.29 is 4.57 Å². The van der Waals surface area contributed by atoms with Gasteiger partial charge in [0.05, 0.1) is 0 Å². The maximum absolute atomic E-state index is 4.43. The van der Waals surface area contributed by atoms with Gasteiger partial charge in [0.1, 0.15) is 0 Å². The number of aromatic nitrogens is 2. The van der Waals surface area contributed by atoms with E-state index in [2.05, 4.69) is 127 Å². The van der Waals surface area contributed by atoms with Crippen LogP contribution in [-0.2, 0) is 0 Å². The van der Waals surface area contributed by atoms with Gasteiger partial charge in [-0.1, -0.05) is 66.7 Å². The standard InChI is InChI=1S/C30H25N2/c1-22-20-31-21-23(2)30(22)32-28(25-14-8-4-9-15-25)18-27(24-12-6-3-7-13-24)19-29(32)26-16-10-5-11-17-26/h3-21H,1-2H3/q+1. The largest absolute Gasteiger partial charge is 0.264 e. The van der Waals surface area contributed by atoms with Crippen LogP contribution in [0.5, 0.6) is 0 Å². The average Bonchev–Trinajstić information content (AvgIpc) is 2.85. The normalized spacial score (nSPS) is 10.8. The number of pyridine rings is 2. The van der Waals surface area contributed by atoms with Crippen molar-refractivity contribution in [2.24, 2.45) is 0 Å². The highest BCUT2D eigenvalue weighted by Crippen LogP contribution is 2.31. The quantitative estimate of drug-likeness (QED) is 0.291. The molecular weight excluding hydrogens is 388 g/mol. The van der Waals surface area contributed by atoms with Gasteiger partial charge in [0.2, 0.25) is 17.1 Å². The van der Waals surface area contributed by atoms with Crippen molar-refractivity contribution in [3.05, 3.63) is 127 Å². The van der Waals surface area contributed by atoms with Crippen LogP contribution in [0.15, 0.2) is 116 Å². The molecule has 2 nitrogen and oxygen atoms in total. The first-order chi connectivity index (χ1) is 15.7. The predicted octanol–water partition coefficient (Wildman–Crippen LogP) is 6.98.